The van der Waals surface area contributed by atoms with E-state index in [0.29, 0.717) is 30.3 Å². The number of hydrogen-bond donors (Lipinski definition) is 0. The minimum atomic E-state index is 0.0503. The Hall–Kier alpha value is -2.93. The van der Waals surface area contributed by atoms with Crippen molar-refractivity contribution in [3.8, 4) is 22.1 Å². The molecular weight excluding hydrogens is 386 g/mol. The highest BCUT2D eigenvalue weighted by molar-refractivity contribution is 7.14. The van der Waals surface area contributed by atoms with Gasteiger partial charge < -0.3 is 14.4 Å². The first kappa shape index (κ1) is 19.4. The van der Waals surface area contributed by atoms with Crippen molar-refractivity contribution in [1.29, 1.82) is 0 Å². The van der Waals surface area contributed by atoms with Gasteiger partial charge in [0.25, 0.3) is 5.91 Å². The van der Waals surface area contributed by atoms with Crippen LogP contribution in [-0.2, 0) is 0 Å². The number of methoxy groups -OCH3 is 2. The second-order valence-corrected chi connectivity index (χ2v) is 7.95. The number of hydrogen-bond acceptors (Lipinski definition) is 6. The Bertz CT molecular complexity index is 996. The van der Waals surface area contributed by atoms with Crippen LogP contribution in [0.25, 0.3) is 10.6 Å². The Balaban J connectivity index is 1.42. The van der Waals surface area contributed by atoms with Crippen molar-refractivity contribution in [2.45, 2.75) is 18.8 Å². The fourth-order valence-corrected chi connectivity index (χ4v) is 4.64. The molecule has 0 unspecified atom stereocenters. The summed E-state index contributed by atoms with van der Waals surface area (Å²) in [4.78, 5) is 14.7. The van der Waals surface area contributed by atoms with Gasteiger partial charge in [0.1, 0.15) is 16.5 Å². The quantitative estimate of drug-likeness (QED) is 0.631. The average molecular weight is 410 g/mol. The van der Waals surface area contributed by atoms with Crippen LogP contribution in [0, 0.1) is 0 Å². The smallest absolute Gasteiger partial charge is 0.253 e. The van der Waals surface area contributed by atoms with Crippen molar-refractivity contribution in [3.05, 3.63) is 59.1 Å². The van der Waals surface area contributed by atoms with E-state index >= 15 is 0 Å². The van der Waals surface area contributed by atoms with E-state index in [2.05, 4.69) is 10.2 Å². The Morgan fingerprint density at radius 3 is 2.59 bits per heavy atom. The molecule has 0 aliphatic carbocycles. The number of likely N-dealkylation sites (tertiary alicyclic amines) is 1. The molecule has 1 saturated heterocycles. The molecule has 150 valence electrons. The molecule has 0 radical (unpaired) electrons. The van der Waals surface area contributed by atoms with E-state index in [9.17, 15) is 4.79 Å². The number of carbonyl (C=O) groups excluding carboxylic acids is 1. The summed E-state index contributed by atoms with van der Waals surface area (Å²) in [6, 6.07) is 15.2. The summed E-state index contributed by atoms with van der Waals surface area (Å²) in [6.07, 6.45) is 1.77. The zero-order valence-corrected chi connectivity index (χ0v) is 17.3. The highest BCUT2D eigenvalue weighted by Gasteiger charge is 2.27. The molecule has 0 atom stereocenters. The maximum Gasteiger partial charge on any atom is 0.253 e. The minimum absolute atomic E-state index is 0.0503. The lowest BCUT2D eigenvalue weighted by Crippen LogP contribution is -2.37. The maximum absolute atomic E-state index is 12.8. The number of carbonyl (C=O) groups is 1. The summed E-state index contributed by atoms with van der Waals surface area (Å²) in [6.45, 7) is 1.43. The molecule has 1 aliphatic heterocycles. The van der Waals surface area contributed by atoms with Gasteiger partial charge in [-0.25, -0.2) is 0 Å². The molecule has 2 heterocycles. The van der Waals surface area contributed by atoms with Crippen LogP contribution in [0.4, 0.5) is 0 Å². The summed E-state index contributed by atoms with van der Waals surface area (Å²) in [7, 11) is 3.27. The standard InChI is InChI=1S/C22H23N3O3S/c1-27-17-7-5-6-16(14-17)22(26)25-12-10-15(11-13-25)20-23-24-21(29-20)18-8-3-4-9-19(18)28-2/h3-9,14-15H,10-13H2,1-2H3. The average Bonchev–Trinajstić information content (AvgIpc) is 3.29. The molecule has 0 saturated carbocycles. The molecule has 1 fully saturated rings. The van der Waals surface area contributed by atoms with Crippen LogP contribution in [0.2, 0.25) is 0 Å². The first-order chi connectivity index (χ1) is 14.2. The van der Waals surface area contributed by atoms with Crippen LogP contribution in [-0.4, -0.2) is 48.3 Å². The fraction of sp³-hybridized carbons (Fsp3) is 0.318. The van der Waals surface area contributed by atoms with Crippen molar-refractivity contribution >= 4 is 17.2 Å². The fourth-order valence-electron chi connectivity index (χ4n) is 3.60. The molecule has 3 aromatic rings. The number of rotatable bonds is 5. The number of ether oxygens (including phenoxy) is 2. The number of benzene rings is 2. The van der Waals surface area contributed by atoms with E-state index in [1.165, 1.54) is 0 Å². The molecule has 7 heteroatoms. The van der Waals surface area contributed by atoms with E-state index in [-0.39, 0.29) is 5.91 Å². The summed E-state index contributed by atoms with van der Waals surface area (Å²) in [5.74, 6) is 1.87. The summed E-state index contributed by atoms with van der Waals surface area (Å²) in [5, 5.41) is 10.7. The van der Waals surface area contributed by atoms with Gasteiger partial charge in [-0.2, -0.15) is 0 Å². The third-order valence-corrected chi connectivity index (χ3v) is 6.35. The zero-order valence-electron chi connectivity index (χ0n) is 16.5. The summed E-state index contributed by atoms with van der Waals surface area (Å²) >= 11 is 1.61. The molecule has 0 N–H and O–H groups in total. The van der Waals surface area contributed by atoms with Gasteiger partial charge in [0.05, 0.1) is 19.8 Å². The SMILES string of the molecule is COc1cccc(C(=O)N2CCC(c3nnc(-c4ccccc4OC)s3)CC2)c1. The van der Waals surface area contributed by atoms with Gasteiger partial charge in [-0.1, -0.05) is 29.5 Å². The number of aromatic nitrogens is 2. The van der Waals surface area contributed by atoms with Gasteiger partial charge in [0.2, 0.25) is 0 Å². The van der Waals surface area contributed by atoms with Crippen LogP contribution in [0.5, 0.6) is 11.5 Å². The highest BCUT2D eigenvalue weighted by Crippen LogP contribution is 2.36. The van der Waals surface area contributed by atoms with Gasteiger partial charge in [0.15, 0.2) is 5.01 Å². The van der Waals surface area contributed by atoms with Crippen molar-refractivity contribution in [1.82, 2.24) is 15.1 Å². The third kappa shape index (κ3) is 4.10. The molecule has 0 bridgehead atoms. The van der Waals surface area contributed by atoms with Crippen LogP contribution < -0.4 is 9.47 Å². The second-order valence-electron chi connectivity index (χ2n) is 6.94. The summed E-state index contributed by atoms with van der Waals surface area (Å²) < 4.78 is 10.7. The van der Waals surface area contributed by atoms with E-state index in [1.54, 1.807) is 31.6 Å². The van der Waals surface area contributed by atoms with Gasteiger partial charge in [-0.15, -0.1) is 10.2 Å². The molecule has 2 aromatic carbocycles. The minimum Gasteiger partial charge on any atom is -0.497 e. The Morgan fingerprint density at radius 2 is 1.83 bits per heavy atom. The van der Waals surface area contributed by atoms with Crippen LogP contribution in [0.3, 0.4) is 0 Å². The molecule has 0 spiro atoms. The second kappa shape index (κ2) is 8.61. The van der Waals surface area contributed by atoms with Crippen molar-refractivity contribution in [3.63, 3.8) is 0 Å². The number of nitrogens with zero attached hydrogens (tertiary/aromatic N) is 3. The molecule has 1 aromatic heterocycles. The zero-order chi connectivity index (χ0) is 20.2. The molecular formula is C22H23N3O3S. The van der Waals surface area contributed by atoms with Gasteiger partial charge in [-0.3, -0.25) is 4.79 Å². The van der Waals surface area contributed by atoms with Crippen LogP contribution in [0.15, 0.2) is 48.5 Å². The monoisotopic (exact) mass is 409 g/mol. The lowest BCUT2D eigenvalue weighted by atomic mass is 9.97. The number of amides is 1. The van der Waals surface area contributed by atoms with Crippen molar-refractivity contribution in [2.24, 2.45) is 0 Å². The van der Waals surface area contributed by atoms with E-state index in [0.717, 1.165) is 34.2 Å². The van der Waals surface area contributed by atoms with E-state index in [1.807, 2.05) is 47.4 Å². The topological polar surface area (TPSA) is 64.5 Å². The molecule has 4 rings (SSSR count). The Morgan fingerprint density at radius 1 is 1.03 bits per heavy atom. The number of piperidine rings is 1. The van der Waals surface area contributed by atoms with Crippen molar-refractivity contribution in [2.75, 3.05) is 27.3 Å². The summed E-state index contributed by atoms with van der Waals surface area (Å²) in [5.41, 5.74) is 1.63. The van der Waals surface area contributed by atoms with Crippen LogP contribution >= 0.6 is 11.3 Å². The maximum atomic E-state index is 12.8. The molecule has 1 aliphatic rings. The lowest BCUT2D eigenvalue weighted by Gasteiger charge is -2.31. The largest absolute Gasteiger partial charge is 0.497 e. The van der Waals surface area contributed by atoms with E-state index < -0.39 is 0 Å². The van der Waals surface area contributed by atoms with E-state index in [4.69, 9.17) is 9.47 Å². The number of para-hydroxylation sites is 1. The van der Waals surface area contributed by atoms with Gasteiger partial charge in [-0.05, 0) is 43.2 Å². The first-order valence-electron chi connectivity index (χ1n) is 9.59. The van der Waals surface area contributed by atoms with Gasteiger partial charge in [0, 0.05) is 24.6 Å². The lowest BCUT2D eigenvalue weighted by molar-refractivity contribution is 0.0712. The third-order valence-electron chi connectivity index (χ3n) is 5.23. The van der Waals surface area contributed by atoms with Crippen LogP contribution in [0.1, 0.15) is 34.1 Å². The normalized spacial score (nSPS) is 14.6. The Kier molecular flexibility index (Phi) is 5.76. The predicted octanol–water partition coefficient (Wildman–Crippen LogP) is 4.24. The molecule has 1 amide bonds. The molecule has 29 heavy (non-hydrogen) atoms. The first-order valence-corrected chi connectivity index (χ1v) is 10.4. The Labute approximate surface area is 174 Å². The molecule has 6 nitrogen and oxygen atoms in total. The highest BCUT2D eigenvalue weighted by atomic mass is 32.1. The van der Waals surface area contributed by atoms with Gasteiger partial charge >= 0.3 is 0 Å². The predicted molar refractivity (Wildman–Crippen MR) is 113 cm³/mol. The van der Waals surface area contributed by atoms with Crippen molar-refractivity contribution < 1.29 is 14.3 Å².